The molecule has 0 unspecified atom stereocenters. The Balaban J connectivity index is 1.42. The van der Waals surface area contributed by atoms with E-state index in [0.717, 1.165) is 5.56 Å². The van der Waals surface area contributed by atoms with Crippen molar-refractivity contribution in [1.29, 1.82) is 0 Å². The van der Waals surface area contributed by atoms with E-state index in [2.05, 4.69) is 5.32 Å². The summed E-state index contributed by atoms with van der Waals surface area (Å²) in [4.78, 5) is 27.0. The van der Waals surface area contributed by atoms with Crippen molar-refractivity contribution < 1.29 is 23.5 Å². The lowest BCUT2D eigenvalue weighted by atomic mass is 9.71. The Kier molecular flexibility index (Phi) is 7.61. The van der Waals surface area contributed by atoms with Crippen LogP contribution in [0, 0.1) is 5.82 Å². The fourth-order valence-electron chi connectivity index (χ4n) is 5.19. The normalized spacial score (nSPS) is 19.1. The summed E-state index contributed by atoms with van der Waals surface area (Å²) in [5.74, 6) is -1.47. The van der Waals surface area contributed by atoms with Gasteiger partial charge in [-0.05, 0) is 55.2 Å². The molecule has 0 radical (unpaired) electrons. The van der Waals surface area contributed by atoms with Gasteiger partial charge in [-0.3, -0.25) is 4.79 Å². The van der Waals surface area contributed by atoms with Crippen molar-refractivity contribution in [2.24, 2.45) is 0 Å². The second kappa shape index (κ2) is 11.2. The number of allylic oxidation sites excluding steroid dienone is 3. The number of Topliss-reactive ketones (excluding diaryl/α,β-unsaturated/α-hetero) is 1. The van der Waals surface area contributed by atoms with Gasteiger partial charge in [-0.25, -0.2) is 9.18 Å². The minimum atomic E-state index is -0.867. The zero-order chi connectivity index (χ0) is 26.6. The molecule has 1 aliphatic carbocycles. The van der Waals surface area contributed by atoms with Crippen LogP contribution in [0.4, 0.5) is 4.39 Å². The maximum Gasteiger partial charge on any atom is 0.336 e. The van der Waals surface area contributed by atoms with E-state index in [4.69, 9.17) is 21.1 Å². The first kappa shape index (κ1) is 25.7. The molecule has 2 atom stereocenters. The minimum Gasteiger partial charge on any atom is -0.490 e. The molecule has 1 heterocycles. The maximum absolute atomic E-state index is 15.1. The molecule has 0 saturated heterocycles. The van der Waals surface area contributed by atoms with E-state index < -0.39 is 17.7 Å². The second-order valence-corrected chi connectivity index (χ2v) is 9.82. The molecule has 0 amide bonds. The Morgan fingerprint density at radius 3 is 2.42 bits per heavy atom. The highest BCUT2D eigenvalue weighted by Crippen LogP contribution is 2.46. The third-order valence-corrected chi connectivity index (χ3v) is 7.19. The maximum atomic E-state index is 15.1. The van der Waals surface area contributed by atoms with Gasteiger partial charge in [0.2, 0.25) is 0 Å². The average molecular weight is 532 g/mol. The molecule has 0 aromatic heterocycles. The first-order valence-corrected chi connectivity index (χ1v) is 12.9. The lowest BCUT2D eigenvalue weighted by Crippen LogP contribution is -2.36. The monoisotopic (exact) mass is 531 g/mol. The van der Waals surface area contributed by atoms with Gasteiger partial charge < -0.3 is 14.8 Å². The summed E-state index contributed by atoms with van der Waals surface area (Å²) in [7, 11) is 0. The molecule has 0 fully saturated rings. The van der Waals surface area contributed by atoms with Gasteiger partial charge in [0.15, 0.2) is 5.78 Å². The van der Waals surface area contributed by atoms with Gasteiger partial charge in [-0.1, -0.05) is 60.1 Å². The molecule has 7 heteroatoms. The zero-order valence-corrected chi connectivity index (χ0v) is 21.6. The lowest BCUT2D eigenvalue weighted by Gasteiger charge is -2.36. The zero-order valence-electron chi connectivity index (χ0n) is 20.9. The van der Waals surface area contributed by atoms with Gasteiger partial charge in [0.1, 0.15) is 24.8 Å². The van der Waals surface area contributed by atoms with Crippen LogP contribution < -0.4 is 10.1 Å². The molecular weight excluding hydrogens is 505 g/mol. The average Bonchev–Trinajstić information content (AvgIpc) is 2.91. The summed E-state index contributed by atoms with van der Waals surface area (Å²) in [6.07, 6.45) is 0.803. The quantitative estimate of drug-likeness (QED) is 0.280. The van der Waals surface area contributed by atoms with Crippen molar-refractivity contribution in [1.82, 2.24) is 5.32 Å². The van der Waals surface area contributed by atoms with E-state index in [0.29, 0.717) is 34.2 Å². The first-order valence-electron chi connectivity index (χ1n) is 12.5. The molecular formula is C31H27ClFNO4. The molecule has 3 aromatic carbocycles. The molecule has 194 valence electrons. The number of para-hydroxylation sites is 1. The summed E-state index contributed by atoms with van der Waals surface area (Å²) in [5, 5.41) is 3.91. The highest BCUT2D eigenvalue weighted by Gasteiger charge is 2.42. The predicted octanol–water partition coefficient (Wildman–Crippen LogP) is 6.46. The molecule has 5 nitrogen and oxygen atoms in total. The van der Waals surface area contributed by atoms with Crippen LogP contribution in [0.25, 0.3) is 0 Å². The van der Waals surface area contributed by atoms with E-state index in [-0.39, 0.29) is 42.5 Å². The van der Waals surface area contributed by atoms with E-state index in [1.54, 1.807) is 25.1 Å². The summed E-state index contributed by atoms with van der Waals surface area (Å²) in [5.41, 5.74) is 3.16. The van der Waals surface area contributed by atoms with Crippen LogP contribution in [0.3, 0.4) is 0 Å². The SMILES string of the molecule is CC1=C(C(=O)OCCOc2ccccc2)[C@@H](c2ccccc2F)C2=C(C[C@H](c3ccc(Cl)cc3)CC2=O)N1. The number of carbonyl (C=O) groups excluding carboxylic acids is 2. The smallest absolute Gasteiger partial charge is 0.336 e. The van der Waals surface area contributed by atoms with Gasteiger partial charge >= 0.3 is 5.97 Å². The fourth-order valence-corrected chi connectivity index (χ4v) is 5.31. The largest absolute Gasteiger partial charge is 0.490 e. The van der Waals surface area contributed by atoms with E-state index in [1.165, 1.54) is 6.07 Å². The number of esters is 1. The number of carbonyl (C=O) groups is 2. The van der Waals surface area contributed by atoms with Gasteiger partial charge in [-0.15, -0.1) is 0 Å². The molecule has 3 aromatic rings. The number of hydrogen-bond acceptors (Lipinski definition) is 5. The van der Waals surface area contributed by atoms with E-state index in [9.17, 15) is 9.59 Å². The standard InChI is InChI=1S/C31H27ClFNO4/c1-19-28(31(36)38-16-15-37-23-7-3-2-4-8-23)29(24-9-5-6-10-25(24)33)30-26(34-19)17-21(18-27(30)35)20-11-13-22(32)14-12-20/h2-14,21,29,34H,15-18H2,1H3/t21-,29+/m0/s1. The van der Waals surface area contributed by atoms with Crippen LogP contribution in [0.1, 0.15) is 42.7 Å². The Bertz CT molecular complexity index is 1420. The van der Waals surface area contributed by atoms with Crippen molar-refractivity contribution >= 4 is 23.4 Å². The summed E-state index contributed by atoms with van der Waals surface area (Å²) in [6.45, 7) is 1.92. The molecule has 38 heavy (non-hydrogen) atoms. The van der Waals surface area contributed by atoms with Crippen LogP contribution in [0.5, 0.6) is 5.75 Å². The third-order valence-electron chi connectivity index (χ3n) is 6.93. The van der Waals surface area contributed by atoms with Gasteiger partial charge in [0.05, 0.1) is 11.5 Å². The number of nitrogens with one attached hydrogen (secondary N) is 1. The minimum absolute atomic E-state index is 0.00694. The summed E-state index contributed by atoms with van der Waals surface area (Å²) >= 11 is 6.05. The van der Waals surface area contributed by atoms with Gasteiger partial charge in [-0.2, -0.15) is 0 Å². The number of hydrogen-bond donors (Lipinski definition) is 1. The highest BCUT2D eigenvalue weighted by atomic mass is 35.5. The number of halogens is 2. The molecule has 0 spiro atoms. The van der Waals surface area contributed by atoms with Crippen LogP contribution >= 0.6 is 11.6 Å². The van der Waals surface area contributed by atoms with Crippen molar-refractivity contribution in [3.63, 3.8) is 0 Å². The van der Waals surface area contributed by atoms with Crippen LogP contribution in [-0.4, -0.2) is 25.0 Å². The molecule has 0 saturated carbocycles. The second-order valence-electron chi connectivity index (χ2n) is 9.39. The Morgan fingerprint density at radius 1 is 0.974 bits per heavy atom. The number of rotatable bonds is 7. The van der Waals surface area contributed by atoms with Crippen molar-refractivity contribution in [2.45, 2.75) is 31.6 Å². The summed E-state index contributed by atoms with van der Waals surface area (Å²) < 4.78 is 26.3. The molecule has 1 aliphatic heterocycles. The Morgan fingerprint density at radius 2 is 1.68 bits per heavy atom. The lowest BCUT2D eigenvalue weighted by molar-refractivity contribution is -0.140. The van der Waals surface area contributed by atoms with Crippen molar-refractivity contribution in [3.05, 3.63) is 123 Å². The van der Waals surface area contributed by atoms with E-state index in [1.807, 2.05) is 54.6 Å². The van der Waals surface area contributed by atoms with Crippen LogP contribution in [0.2, 0.25) is 5.02 Å². The fraction of sp³-hybridized carbons (Fsp3) is 0.226. The van der Waals surface area contributed by atoms with Gasteiger partial charge in [0, 0.05) is 34.0 Å². The Hall–Kier alpha value is -3.90. The molecule has 0 bridgehead atoms. The van der Waals surface area contributed by atoms with E-state index >= 15 is 4.39 Å². The Labute approximate surface area is 225 Å². The van der Waals surface area contributed by atoms with Crippen LogP contribution in [-0.2, 0) is 14.3 Å². The number of ketones is 1. The number of dihydropyridines is 1. The first-order chi connectivity index (χ1) is 18.4. The highest BCUT2D eigenvalue weighted by molar-refractivity contribution is 6.30. The van der Waals surface area contributed by atoms with Gasteiger partial charge in [0.25, 0.3) is 0 Å². The topological polar surface area (TPSA) is 64.6 Å². The predicted molar refractivity (Wildman–Crippen MR) is 143 cm³/mol. The summed E-state index contributed by atoms with van der Waals surface area (Å²) in [6, 6.07) is 22.9. The van der Waals surface area contributed by atoms with Crippen molar-refractivity contribution in [2.75, 3.05) is 13.2 Å². The third kappa shape index (κ3) is 5.36. The van der Waals surface area contributed by atoms with Crippen LogP contribution in [0.15, 0.2) is 101 Å². The number of ether oxygens (including phenoxy) is 2. The molecule has 5 rings (SSSR count). The molecule has 2 aliphatic rings. The number of benzene rings is 3. The molecule has 1 N–H and O–H groups in total. The van der Waals surface area contributed by atoms with Crippen molar-refractivity contribution in [3.8, 4) is 5.75 Å².